The molecule has 1 aromatic rings. The molecule has 0 N–H and O–H groups in total. The number of hydrogen-bond acceptors (Lipinski definition) is 3. The molecule has 1 aromatic carbocycles. The van der Waals surface area contributed by atoms with E-state index in [1.54, 1.807) is 0 Å². The van der Waals surface area contributed by atoms with Crippen molar-refractivity contribution < 1.29 is 9.53 Å². The van der Waals surface area contributed by atoms with Crippen LogP contribution in [0.4, 0.5) is 0 Å². The van der Waals surface area contributed by atoms with Crippen LogP contribution in [0.2, 0.25) is 0 Å². The van der Waals surface area contributed by atoms with Crippen LogP contribution < -0.4 is 0 Å². The van der Waals surface area contributed by atoms with E-state index in [4.69, 9.17) is 4.74 Å². The van der Waals surface area contributed by atoms with E-state index >= 15 is 0 Å². The second-order valence-corrected chi connectivity index (χ2v) is 4.97. The highest BCUT2D eigenvalue weighted by Gasteiger charge is 2.16. The molecule has 4 nitrogen and oxygen atoms in total. The second-order valence-electron chi connectivity index (χ2n) is 4.97. The summed E-state index contributed by atoms with van der Waals surface area (Å²) < 4.78 is 5.25. The van der Waals surface area contributed by atoms with Crippen molar-refractivity contribution in [3.8, 4) is 0 Å². The molecule has 4 heteroatoms. The number of nitrogens with zero attached hydrogens (tertiary/aromatic N) is 2. The van der Waals surface area contributed by atoms with E-state index in [0.717, 1.165) is 26.2 Å². The Kier molecular flexibility index (Phi) is 5.36. The van der Waals surface area contributed by atoms with Crippen molar-refractivity contribution in [2.24, 2.45) is 0 Å². The van der Waals surface area contributed by atoms with Crippen LogP contribution >= 0.6 is 0 Å². The third-order valence-corrected chi connectivity index (χ3v) is 3.37. The molecule has 1 aliphatic heterocycles. The van der Waals surface area contributed by atoms with Gasteiger partial charge in [-0.1, -0.05) is 30.3 Å². The zero-order chi connectivity index (χ0) is 13.5. The average Bonchev–Trinajstić information content (AvgIpc) is 2.47. The lowest BCUT2D eigenvalue weighted by Crippen LogP contribution is -2.41. The van der Waals surface area contributed by atoms with Gasteiger partial charge in [-0.15, -0.1) is 0 Å². The minimum Gasteiger partial charge on any atom is -0.378 e. The fourth-order valence-electron chi connectivity index (χ4n) is 2.23. The molecule has 0 aromatic heterocycles. The number of morpholine rings is 1. The Hall–Kier alpha value is -1.39. The lowest BCUT2D eigenvalue weighted by molar-refractivity contribution is -0.135. The number of benzene rings is 1. The largest absolute Gasteiger partial charge is 0.378 e. The molecule has 19 heavy (non-hydrogen) atoms. The summed E-state index contributed by atoms with van der Waals surface area (Å²) in [6.07, 6.45) is 0.587. The number of amides is 1. The van der Waals surface area contributed by atoms with E-state index in [1.807, 2.05) is 23.1 Å². The Bertz CT molecular complexity index is 388. The molecule has 0 radical (unpaired) electrons. The maximum atomic E-state index is 12.0. The fourth-order valence-corrected chi connectivity index (χ4v) is 2.23. The van der Waals surface area contributed by atoms with Crippen molar-refractivity contribution in [2.75, 3.05) is 39.9 Å². The summed E-state index contributed by atoms with van der Waals surface area (Å²) in [5.41, 5.74) is 1.28. The highest BCUT2D eigenvalue weighted by molar-refractivity contribution is 5.76. The summed E-state index contributed by atoms with van der Waals surface area (Å²) in [5.74, 6) is 0.239. The minimum absolute atomic E-state index is 0.239. The molecule has 0 aliphatic carbocycles. The van der Waals surface area contributed by atoms with Crippen molar-refractivity contribution >= 4 is 5.91 Å². The summed E-state index contributed by atoms with van der Waals surface area (Å²) in [4.78, 5) is 16.1. The predicted molar refractivity (Wildman–Crippen MR) is 74.8 cm³/mol. The quantitative estimate of drug-likeness (QED) is 0.803. The molecular formula is C15H22N2O2. The zero-order valence-electron chi connectivity index (χ0n) is 11.5. The van der Waals surface area contributed by atoms with E-state index < -0.39 is 0 Å². The van der Waals surface area contributed by atoms with Gasteiger partial charge in [-0.05, 0) is 12.6 Å². The van der Waals surface area contributed by atoms with Crippen LogP contribution in [0, 0.1) is 0 Å². The fraction of sp³-hybridized carbons (Fsp3) is 0.533. The molecule has 1 fully saturated rings. The van der Waals surface area contributed by atoms with Crippen LogP contribution in [0.3, 0.4) is 0 Å². The second kappa shape index (κ2) is 7.26. The Labute approximate surface area is 115 Å². The van der Waals surface area contributed by atoms with Crippen molar-refractivity contribution in [1.29, 1.82) is 0 Å². The molecule has 0 bridgehead atoms. The van der Waals surface area contributed by atoms with Crippen molar-refractivity contribution in [3.05, 3.63) is 35.9 Å². The summed E-state index contributed by atoms with van der Waals surface area (Å²) in [5, 5.41) is 0. The van der Waals surface area contributed by atoms with E-state index in [2.05, 4.69) is 24.1 Å². The number of carbonyl (C=O) groups excluding carboxylic acids is 1. The summed E-state index contributed by atoms with van der Waals surface area (Å²) in [6, 6.07) is 10.3. The maximum absolute atomic E-state index is 12.0. The van der Waals surface area contributed by atoms with Gasteiger partial charge in [-0.25, -0.2) is 0 Å². The Balaban J connectivity index is 1.71. The van der Waals surface area contributed by atoms with Gasteiger partial charge in [-0.2, -0.15) is 0 Å². The lowest BCUT2D eigenvalue weighted by Gasteiger charge is -2.27. The molecule has 1 aliphatic rings. The minimum atomic E-state index is 0.239. The van der Waals surface area contributed by atoms with Crippen molar-refractivity contribution in [3.63, 3.8) is 0 Å². The van der Waals surface area contributed by atoms with Gasteiger partial charge in [0.1, 0.15) is 0 Å². The molecule has 104 valence electrons. The molecule has 1 saturated heterocycles. The lowest BCUT2D eigenvalue weighted by atomic mass is 10.2. The standard InChI is InChI=1S/C15H22N2O2/c1-16(13-14-5-3-2-4-6-14)8-7-15(18)17-9-11-19-12-10-17/h2-6H,7-13H2,1H3. The van der Waals surface area contributed by atoms with Gasteiger partial charge in [0.05, 0.1) is 13.2 Å². The smallest absolute Gasteiger partial charge is 0.224 e. The SMILES string of the molecule is CN(CCC(=O)N1CCOCC1)Cc1ccccc1. The molecular weight excluding hydrogens is 240 g/mol. The van der Waals surface area contributed by atoms with Crippen LogP contribution in [0.5, 0.6) is 0 Å². The molecule has 1 amide bonds. The summed E-state index contributed by atoms with van der Waals surface area (Å²) in [7, 11) is 2.06. The van der Waals surface area contributed by atoms with Crippen LogP contribution in [-0.2, 0) is 16.1 Å². The van der Waals surface area contributed by atoms with E-state index in [0.29, 0.717) is 19.6 Å². The summed E-state index contributed by atoms with van der Waals surface area (Å²) >= 11 is 0. The third-order valence-electron chi connectivity index (χ3n) is 3.37. The van der Waals surface area contributed by atoms with Gasteiger partial charge in [0.15, 0.2) is 0 Å². The molecule has 0 unspecified atom stereocenters. The van der Waals surface area contributed by atoms with Crippen LogP contribution in [0.25, 0.3) is 0 Å². The number of ether oxygens (including phenoxy) is 1. The van der Waals surface area contributed by atoms with Gasteiger partial charge < -0.3 is 14.5 Å². The molecule has 0 saturated carbocycles. The van der Waals surface area contributed by atoms with Crippen LogP contribution in [0.15, 0.2) is 30.3 Å². The first-order chi connectivity index (χ1) is 9.25. The predicted octanol–water partition coefficient (Wildman–Crippen LogP) is 1.37. The third kappa shape index (κ3) is 4.65. The molecule has 1 heterocycles. The monoisotopic (exact) mass is 262 g/mol. The van der Waals surface area contributed by atoms with Crippen LogP contribution in [0.1, 0.15) is 12.0 Å². The van der Waals surface area contributed by atoms with E-state index in [9.17, 15) is 4.79 Å². The van der Waals surface area contributed by atoms with Crippen LogP contribution in [-0.4, -0.2) is 55.6 Å². The Morgan fingerprint density at radius 2 is 1.95 bits per heavy atom. The summed E-state index contributed by atoms with van der Waals surface area (Å²) in [6.45, 7) is 4.50. The normalized spacial score (nSPS) is 15.8. The number of rotatable bonds is 5. The van der Waals surface area contributed by atoms with Gasteiger partial charge >= 0.3 is 0 Å². The number of carbonyl (C=O) groups is 1. The highest BCUT2D eigenvalue weighted by atomic mass is 16.5. The van der Waals surface area contributed by atoms with Gasteiger partial charge in [0.2, 0.25) is 5.91 Å². The zero-order valence-corrected chi connectivity index (χ0v) is 11.5. The molecule has 0 spiro atoms. The highest BCUT2D eigenvalue weighted by Crippen LogP contribution is 2.05. The Morgan fingerprint density at radius 1 is 1.26 bits per heavy atom. The van der Waals surface area contributed by atoms with Gasteiger partial charge in [-0.3, -0.25) is 4.79 Å². The van der Waals surface area contributed by atoms with Crippen molar-refractivity contribution in [2.45, 2.75) is 13.0 Å². The van der Waals surface area contributed by atoms with E-state index in [1.165, 1.54) is 5.56 Å². The molecule has 0 atom stereocenters. The Morgan fingerprint density at radius 3 is 2.63 bits per heavy atom. The first-order valence-electron chi connectivity index (χ1n) is 6.83. The maximum Gasteiger partial charge on any atom is 0.224 e. The first-order valence-corrected chi connectivity index (χ1v) is 6.83. The first kappa shape index (κ1) is 14.0. The van der Waals surface area contributed by atoms with Crippen molar-refractivity contribution in [1.82, 2.24) is 9.80 Å². The molecule has 2 rings (SSSR count). The topological polar surface area (TPSA) is 32.8 Å². The van der Waals surface area contributed by atoms with Gasteiger partial charge in [0, 0.05) is 32.6 Å². The van der Waals surface area contributed by atoms with E-state index in [-0.39, 0.29) is 5.91 Å². The number of hydrogen-bond donors (Lipinski definition) is 0. The average molecular weight is 262 g/mol. The van der Waals surface area contributed by atoms with Gasteiger partial charge in [0.25, 0.3) is 0 Å².